The number of methoxy groups -OCH3 is 1. The maximum absolute atomic E-state index is 12.4. The Kier molecular flexibility index (Phi) is 6.15. The summed E-state index contributed by atoms with van der Waals surface area (Å²) in [6.45, 7) is 0. The third kappa shape index (κ3) is 4.66. The predicted octanol–water partition coefficient (Wildman–Crippen LogP) is 5.14. The van der Waals surface area contributed by atoms with E-state index in [0.717, 1.165) is 0 Å². The van der Waals surface area contributed by atoms with Gasteiger partial charge in [0.25, 0.3) is 0 Å². The molecule has 3 aromatic carbocycles. The van der Waals surface area contributed by atoms with E-state index >= 15 is 0 Å². The molecule has 9 heteroatoms. The van der Waals surface area contributed by atoms with Crippen LogP contribution in [0.5, 0.6) is 23.0 Å². The highest BCUT2D eigenvalue weighted by atomic mass is 35.5. The molecule has 30 heavy (non-hydrogen) atoms. The quantitative estimate of drug-likeness (QED) is 0.233. The number of hydrogen-bond acceptors (Lipinski definition) is 7. The maximum atomic E-state index is 12.4. The van der Waals surface area contributed by atoms with Crippen molar-refractivity contribution in [3.63, 3.8) is 0 Å². The number of rotatable bonds is 6. The highest BCUT2D eigenvalue weighted by molar-refractivity contribution is 6.30. The number of hydrogen-bond donors (Lipinski definition) is 0. The van der Waals surface area contributed by atoms with E-state index in [2.05, 4.69) is 0 Å². The van der Waals surface area contributed by atoms with E-state index in [0.29, 0.717) is 5.56 Å². The summed E-state index contributed by atoms with van der Waals surface area (Å²) in [4.78, 5) is 23.0. The normalized spacial score (nSPS) is 10.0. The SMILES string of the molecule is COc1cc(C(=O)Oc2ccc(C#N)cc2)ccc1Oc1ccc(Cl)cc1[N+](=O)[O-]. The van der Waals surface area contributed by atoms with Gasteiger partial charge in [-0.1, -0.05) is 11.6 Å². The molecule has 0 aromatic heterocycles. The summed E-state index contributed by atoms with van der Waals surface area (Å²) in [5.74, 6) is -0.0703. The van der Waals surface area contributed by atoms with Crippen LogP contribution in [-0.4, -0.2) is 18.0 Å². The van der Waals surface area contributed by atoms with Crippen LogP contribution < -0.4 is 14.2 Å². The monoisotopic (exact) mass is 424 g/mol. The van der Waals surface area contributed by atoms with E-state index in [4.69, 9.17) is 31.1 Å². The van der Waals surface area contributed by atoms with Gasteiger partial charge in [0.1, 0.15) is 5.75 Å². The molecule has 0 radical (unpaired) electrons. The lowest BCUT2D eigenvalue weighted by Gasteiger charge is -2.12. The first-order valence-electron chi connectivity index (χ1n) is 8.43. The topological polar surface area (TPSA) is 112 Å². The second kappa shape index (κ2) is 8.94. The van der Waals surface area contributed by atoms with Crippen LogP contribution in [0.2, 0.25) is 5.02 Å². The van der Waals surface area contributed by atoms with Crippen LogP contribution in [-0.2, 0) is 0 Å². The van der Waals surface area contributed by atoms with E-state index in [-0.39, 0.29) is 39.3 Å². The number of ether oxygens (including phenoxy) is 3. The molecule has 0 spiro atoms. The second-order valence-electron chi connectivity index (χ2n) is 5.86. The molecule has 0 heterocycles. The zero-order valence-electron chi connectivity index (χ0n) is 15.5. The molecule has 0 bridgehead atoms. The molecular formula is C21H13ClN2O6. The molecule has 0 atom stereocenters. The van der Waals surface area contributed by atoms with Crippen LogP contribution in [0.25, 0.3) is 0 Å². The molecule has 0 N–H and O–H groups in total. The van der Waals surface area contributed by atoms with Crippen molar-refractivity contribution in [1.29, 1.82) is 5.26 Å². The number of esters is 1. The van der Waals surface area contributed by atoms with Crippen molar-refractivity contribution in [2.75, 3.05) is 7.11 Å². The molecular weight excluding hydrogens is 412 g/mol. The average Bonchev–Trinajstić information content (AvgIpc) is 2.75. The summed E-state index contributed by atoms with van der Waals surface area (Å²) < 4.78 is 16.1. The summed E-state index contributed by atoms with van der Waals surface area (Å²) in [6, 6.07) is 16.3. The minimum Gasteiger partial charge on any atom is -0.493 e. The molecule has 150 valence electrons. The minimum atomic E-state index is -0.651. The van der Waals surface area contributed by atoms with Crippen molar-refractivity contribution in [2.45, 2.75) is 0 Å². The Morgan fingerprint density at radius 1 is 1.03 bits per heavy atom. The number of carbonyl (C=O) groups excluding carboxylic acids is 1. The van der Waals surface area contributed by atoms with Gasteiger partial charge in [-0.2, -0.15) is 5.26 Å². The number of carbonyl (C=O) groups is 1. The van der Waals surface area contributed by atoms with Crippen LogP contribution in [0, 0.1) is 21.4 Å². The summed E-state index contributed by atoms with van der Waals surface area (Å²) in [5, 5.41) is 20.2. The number of nitro benzene ring substituents is 1. The van der Waals surface area contributed by atoms with Gasteiger partial charge in [-0.3, -0.25) is 10.1 Å². The summed E-state index contributed by atoms with van der Waals surface area (Å²) in [5.41, 5.74) is 0.303. The minimum absolute atomic E-state index is 0.0318. The smallest absolute Gasteiger partial charge is 0.343 e. The first-order chi connectivity index (χ1) is 14.4. The fraction of sp³-hybridized carbons (Fsp3) is 0.0476. The Balaban J connectivity index is 1.83. The lowest BCUT2D eigenvalue weighted by Crippen LogP contribution is -2.09. The standard InChI is InChI=1S/C21H13ClN2O6/c1-28-20-10-14(21(25)29-16-6-2-13(12-23)3-7-16)4-8-19(20)30-18-9-5-15(22)11-17(18)24(26)27/h2-11H,1H3. The van der Waals surface area contributed by atoms with Gasteiger partial charge in [-0.05, 0) is 54.6 Å². The van der Waals surface area contributed by atoms with E-state index < -0.39 is 10.9 Å². The van der Waals surface area contributed by atoms with Crippen LogP contribution in [0.15, 0.2) is 60.7 Å². The third-order valence-electron chi connectivity index (χ3n) is 3.93. The Labute approximate surface area is 175 Å². The number of nitro groups is 1. The van der Waals surface area contributed by atoms with Gasteiger partial charge in [-0.25, -0.2) is 4.79 Å². The van der Waals surface area contributed by atoms with Crippen LogP contribution in [0.3, 0.4) is 0 Å². The molecule has 3 aromatic rings. The number of nitriles is 1. The van der Waals surface area contributed by atoms with Crippen molar-refractivity contribution >= 4 is 23.3 Å². The largest absolute Gasteiger partial charge is 0.493 e. The number of nitrogens with zero attached hydrogens (tertiary/aromatic N) is 2. The lowest BCUT2D eigenvalue weighted by atomic mass is 10.2. The first kappa shape index (κ1) is 20.6. The zero-order chi connectivity index (χ0) is 21.7. The van der Waals surface area contributed by atoms with E-state index in [9.17, 15) is 14.9 Å². The lowest BCUT2D eigenvalue weighted by molar-refractivity contribution is -0.385. The summed E-state index contributed by atoms with van der Waals surface area (Å²) in [6.07, 6.45) is 0. The fourth-order valence-electron chi connectivity index (χ4n) is 2.48. The van der Waals surface area contributed by atoms with Gasteiger partial charge in [-0.15, -0.1) is 0 Å². The van der Waals surface area contributed by atoms with Gasteiger partial charge < -0.3 is 14.2 Å². The number of benzene rings is 3. The molecule has 0 saturated heterocycles. The van der Waals surface area contributed by atoms with Crippen molar-refractivity contribution in [2.24, 2.45) is 0 Å². The Hall–Kier alpha value is -4.09. The zero-order valence-corrected chi connectivity index (χ0v) is 16.3. The van der Waals surface area contributed by atoms with Crippen molar-refractivity contribution in [1.82, 2.24) is 0 Å². The van der Waals surface area contributed by atoms with Crippen molar-refractivity contribution in [3.05, 3.63) is 86.9 Å². The molecule has 8 nitrogen and oxygen atoms in total. The average molecular weight is 425 g/mol. The van der Waals surface area contributed by atoms with Crippen molar-refractivity contribution < 1.29 is 23.9 Å². The van der Waals surface area contributed by atoms with E-state index in [1.165, 1.54) is 67.8 Å². The third-order valence-corrected chi connectivity index (χ3v) is 4.17. The molecule has 0 aliphatic carbocycles. The highest BCUT2D eigenvalue weighted by Gasteiger charge is 2.19. The van der Waals surface area contributed by atoms with E-state index in [1.54, 1.807) is 0 Å². The van der Waals surface area contributed by atoms with Crippen LogP contribution in [0.4, 0.5) is 5.69 Å². The molecule has 0 fully saturated rings. The molecule has 0 saturated carbocycles. The molecule has 0 unspecified atom stereocenters. The Bertz CT molecular complexity index is 1160. The summed E-state index contributed by atoms with van der Waals surface area (Å²) in [7, 11) is 1.37. The molecule has 0 aliphatic heterocycles. The summed E-state index contributed by atoms with van der Waals surface area (Å²) >= 11 is 5.81. The second-order valence-corrected chi connectivity index (χ2v) is 6.30. The van der Waals surface area contributed by atoms with Crippen molar-refractivity contribution in [3.8, 4) is 29.1 Å². The molecule has 0 amide bonds. The fourth-order valence-corrected chi connectivity index (χ4v) is 2.65. The molecule has 3 rings (SSSR count). The number of halogens is 1. The van der Waals surface area contributed by atoms with E-state index in [1.807, 2.05) is 6.07 Å². The van der Waals surface area contributed by atoms with Gasteiger partial charge in [0.2, 0.25) is 5.75 Å². The van der Waals surface area contributed by atoms with Gasteiger partial charge in [0.05, 0.1) is 29.2 Å². The van der Waals surface area contributed by atoms with Gasteiger partial charge in [0, 0.05) is 11.1 Å². The highest BCUT2D eigenvalue weighted by Crippen LogP contribution is 2.38. The maximum Gasteiger partial charge on any atom is 0.343 e. The Morgan fingerprint density at radius 3 is 2.37 bits per heavy atom. The Morgan fingerprint density at radius 2 is 1.73 bits per heavy atom. The van der Waals surface area contributed by atoms with Gasteiger partial charge >= 0.3 is 11.7 Å². The van der Waals surface area contributed by atoms with Crippen LogP contribution in [0.1, 0.15) is 15.9 Å². The first-order valence-corrected chi connectivity index (χ1v) is 8.81. The van der Waals surface area contributed by atoms with Gasteiger partial charge in [0.15, 0.2) is 11.5 Å². The predicted molar refractivity (Wildman–Crippen MR) is 107 cm³/mol. The molecule has 0 aliphatic rings. The van der Waals surface area contributed by atoms with Crippen LogP contribution >= 0.6 is 11.6 Å².